The minimum atomic E-state index is 0.545. The zero-order valence-corrected chi connectivity index (χ0v) is 18.6. The molecule has 1 saturated heterocycles. The van der Waals surface area contributed by atoms with Crippen molar-refractivity contribution in [2.75, 3.05) is 33.3 Å². The SMILES string of the molecule is COc1cc(CN2CCN(C(C)C)CC2)cc(I)c1OCc1ccccc1. The van der Waals surface area contributed by atoms with Gasteiger partial charge in [0.15, 0.2) is 11.5 Å². The topological polar surface area (TPSA) is 24.9 Å². The molecule has 146 valence electrons. The van der Waals surface area contributed by atoms with Crippen LogP contribution in [0, 0.1) is 3.57 Å². The van der Waals surface area contributed by atoms with Gasteiger partial charge < -0.3 is 9.47 Å². The molecule has 0 radical (unpaired) electrons. The number of nitrogens with zero attached hydrogens (tertiary/aromatic N) is 2. The van der Waals surface area contributed by atoms with Crippen LogP contribution in [0.25, 0.3) is 0 Å². The molecule has 1 aliphatic rings. The average Bonchev–Trinajstić information content (AvgIpc) is 2.68. The van der Waals surface area contributed by atoms with Gasteiger partial charge in [0.1, 0.15) is 6.61 Å². The Morgan fingerprint density at radius 2 is 1.70 bits per heavy atom. The Hall–Kier alpha value is -1.31. The first-order valence-corrected chi connectivity index (χ1v) is 10.6. The lowest BCUT2D eigenvalue weighted by molar-refractivity contribution is 0.104. The minimum absolute atomic E-state index is 0.545. The van der Waals surface area contributed by atoms with Crippen molar-refractivity contribution in [1.82, 2.24) is 9.80 Å². The van der Waals surface area contributed by atoms with Crippen molar-refractivity contribution in [2.45, 2.75) is 33.0 Å². The second-order valence-electron chi connectivity index (χ2n) is 7.29. The predicted octanol–water partition coefficient (Wildman–Crippen LogP) is 4.40. The third-order valence-electron chi connectivity index (χ3n) is 5.06. The van der Waals surface area contributed by atoms with E-state index in [1.165, 1.54) is 5.56 Å². The first-order valence-electron chi connectivity index (χ1n) is 9.56. The third kappa shape index (κ3) is 5.59. The van der Waals surface area contributed by atoms with Gasteiger partial charge in [-0.2, -0.15) is 0 Å². The molecule has 0 unspecified atom stereocenters. The van der Waals surface area contributed by atoms with Crippen LogP contribution < -0.4 is 9.47 Å². The fourth-order valence-electron chi connectivity index (χ4n) is 3.43. The molecule has 2 aromatic rings. The largest absolute Gasteiger partial charge is 0.493 e. The van der Waals surface area contributed by atoms with Crippen LogP contribution in [0.3, 0.4) is 0 Å². The molecular weight excluding hydrogens is 451 g/mol. The van der Waals surface area contributed by atoms with Crippen molar-refractivity contribution in [1.29, 1.82) is 0 Å². The molecule has 1 heterocycles. The summed E-state index contributed by atoms with van der Waals surface area (Å²) in [6.07, 6.45) is 0. The lowest BCUT2D eigenvalue weighted by Gasteiger charge is -2.37. The van der Waals surface area contributed by atoms with Crippen molar-refractivity contribution in [2.24, 2.45) is 0 Å². The molecule has 1 fully saturated rings. The third-order valence-corrected chi connectivity index (χ3v) is 5.86. The van der Waals surface area contributed by atoms with Crippen molar-refractivity contribution in [3.63, 3.8) is 0 Å². The zero-order chi connectivity index (χ0) is 19.2. The molecule has 27 heavy (non-hydrogen) atoms. The second kappa shape index (κ2) is 9.75. The van der Waals surface area contributed by atoms with E-state index in [1.807, 2.05) is 18.2 Å². The molecule has 0 aromatic heterocycles. The van der Waals surface area contributed by atoms with Crippen LogP contribution in [0.15, 0.2) is 42.5 Å². The number of piperazine rings is 1. The number of ether oxygens (including phenoxy) is 2. The van der Waals surface area contributed by atoms with Crippen molar-refractivity contribution < 1.29 is 9.47 Å². The van der Waals surface area contributed by atoms with Crippen LogP contribution >= 0.6 is 22.6 Å². The van der Waals surface area contributed by atoms with E-state index in [0.29, 0.717) is 12.6 Å². The van der Waals surface area contributed by atoms with Gasteiger partial charge >= 0.3 is 0 Å². The fraction of sp³-hybridized carbons (Fsp3) is 0.455. The van der Waals surface area contributed by atoms with E-state index in [2.05, 4.69) is 70.5 Å². The summed E-state index contributed by atoms with van der Waals surface area (Å²) in [5.74, 6) is 1.64. The van der Waals surface area contributed by atoms with Crippen LogP contribution in [0.2, 0.25) is 0 Å². The van der Waals surface area contributed by atoms with E-state index in [1.54, 1.807) is 7.11 Å². The standard InChI is InChI=1S/C22H29IN2O2/c1-17(2)25-11-9-24(10-12-25)15-19-13-20(23)22(21(14-19)26-3)27-16-18-7-5-4-6-8-18/h4-8,13-14,17H,9-12,15-16H2,1-3H3. The Morgan fingerprint density at radius 3 is 2.33 bits per heavy atom. The Kier molecular flexibility index (Phi) is 7.38. The molecule has 1 aliphatic heterocycles. The van der Waals surface area contributed by atoms with Gasteiger partial charge in [0, 0.05) is 38.8 Å². The summed E-state index contributed by atoms with van der Waals surface area (Å²) >= 11 is 2.35. The molecule has 2 aromatic carbocycles. The quantitative estimate of drug-likeness (QED) is 0.549. The molecule has 0 saturated carbocycles. The highest BCUT2D eigenvalue weighted by molar-refractivity contribution is 14.1. The fourth-order valence-corrected chi connectivity index (χ4v) is 4.25. The molecule has 0 spiro atoms. The maximum atomic E-state index is 6.08. The molecule has 0 atom stereocenters. The average molecular weight is 480 g/mol. The van der Waals surface area contributed by atoms with Crippen molar-refractivity contribution >= 4 is 22.6 Å². The van der Waals surface area contributed by atoms with E-state index in [-0.39, 0.29) is 0 Å². The molecule has 0 amide bonds. The molecule has 5 heteroatoms. The van der Waals surface area contributed by atoms with Crippen molar-refractivity contribution in [3.05, 3.63) is 57.2 Å². The van der Waals surface area contributed by atoms with Gasteiger partial charge in [-0.25, -0.2) is 0 Å². The first-order chi connectivity index (χ1) is 13.1. The van der Waals surface area contributed by atoms with Crippen LogP contribution in [0.5, 0.6) is 11.5 Å². The maximum Gasteiger partial charge on any atom is 0.174 e. The Labute approximate surface area is 176 Å². The zero-order valence-electron chi connectivity index (χ0n) is 16.5. The van der Waals surface area contributed by atoms with E-state index in [9.17, 15) is 0 Å². The highest BCUT2D eigenvalue weighted by Crippen LogP contribution is 2.35. The second-order valence-corrected chi connectivity index (χ2v) is 8.45. The monoisotopic (exact) mass is 480 g/mol. The van der Waals surface area contributed by atoms with Gasteiger partial charge in [-0.05, 0) is 59.7 Å². The Bertz CT molecular complexity index is 729. The highest BCUT2D eigenvalue weighted by Gasteiger charge is 2.20. The Morgan fingerprint density at radius 1 is 1.00 bits per heavy atom. The number of hydrogen-bond acceptors (Lipinski definition) is 4. The van der Waals surface area contributed by atoms with Crippen LogP contribution in [-0.4, -0.2) is 49.1 Å². The lowest BCUT2D eigenvalue weighted by Crippen LogP contribution is -2.48. The number of hydrogen-bond donors (Lipinski definition) is 0. The molecule has 4 nitrogen and oxygen atoms in total. The van der Waals surface area contributed by atoms with Crippen LogP contribution in [0.4, 0.5) is 0 Å². The normalized spacial score (nSPS) is 15.9. The van der Waals surface area contributed by atoms with E-state index in [0.717, 1.165) is 53.4 Å². The van der Waals surface area contributed by atoms with Gasteiger partial charge in [-0.1, -0.05) is 30.3 Å². The molecule has 0 aliphatic carbocycles. The van der Waals surface area contributed by atoms with Gasteiger partial charge in [0.2, 0.25) is 0 Å². The molecule has 0 bridgehead atoms. The summed E-state index contributed by atoms with van der Waals surface area (Å²) in [4.78, 5) is 5.07. The van der Waals surface area contributed by atoms with E-state index >= 15 is 0 Å². The predicted molar refractivity (Wildman–Crippen MR) is 118 cm³/mol. The first kappa shape index (κ1) is 20.4. The lowest BCUT2D eigenvalue weighted by atomic mass is 10.1. The number of benzene rings is 2. The smallest absolute Gasteiger partial charge is 0.174 e. The van der Waals surface area contributed by atoms with E-state index < -0.39 is 0 Å². The maximum absolute atomic E-state index is 6.08. The summed E-state index contributed by atoms with van der Waals surface area (Å²) in [6.45, 7) is 10.6. The summed E-state index contributed by atoms with van der Waals surface area (Å²) in [7, 11) is 1.71. The van der Waals surface area contributed by atoms with Gasteiger partial charge in [0.25, 0.3) is 0 Å². The summed E-state index contributed by atoms with van der Waals surface area (Å²) < 4.78 is 12.8. The van der Waals surface area contributed by atoms with Gasteiger partial charge in [0.05, 0.1) is 10.7 Å². The van der Waals surface area contributed by atoms with E-state index in [4.69, 9.17) is 9.47 Å². The molecular formula is C22H29IN2O2. The Balaban J connectivity index is 1.65. The summed E-state index contributed by atoms with van der Waals surface area (Å²) in [6, 6.07) is 15.2. The number of methoxy groups -OCH3 is 1. The van der Waals surface area contributed by atoms with Gasteiger partial charge in [-0.15, -0.1) is 0 Å². The number of halogens is 1. The number of rotatable bonds is 7. The summed E-state index contributed by atoms with van der Waals surface area (Å²) in [5.41, 5.74) is 2.43. The highest BCUT2D eigenvalue weighted by atomic mass is 127. The molecule has 0 N–H and O–H groups in total. The minimum Gasteiger partial charge on any atom is -0.493 e. The molecule has 3 rings (SSSR count). The van der Waals surface area contributed by atoms with Crippen LogP contribution in [-0.2, 0) is 13.2 Å². The van der Waals surface area contributed by atoms with Crippen LogP contribution in [0.1, 0.15) is 25.0 Å². The van der Waals surface area contributed by atoms with Crippen molar-refractivity contribution in [3.8, 4) is 11.5 Å². The summed E-state index contributed by atoms with van der Waals surface area (Å²) in [5, 5.41) is 0. The van der Waals surface area contributed by atoms with Gasteiger partial charge in [-0.3, -0.25) is 9.80 Å².